The van der Waals surface area contributed by atoms with Crippen LogP contribution in [0.25, 0.3) is 0 Å². The summed E-state index contributed by atoms with van der Waals surface area (Å²) < 4.78 is 5.25. The van der Waals surface area contributed by atoms with Gasteiger partial charge in [0.25, 0.3) is 0 Å². The molecule has 0 radical (unpaired) electrons. The van der Waals surface area contributed by atoms with Gasteiger partial charge in [0.05, 0.1) is 6.42 Å². The van der Waals surface area contributed by atoms with E-state index in [-0.39, 0.29) is 11.6 Å². The molecule has 0 aliphatic rings. The number of carbonyl (C=O) groups excluding carboxylic acids is 1. The summed E-state index contributed by atoms with van der Waals surface area (Å²) in [4.78, 5) is 11.8. The molecule has 2 nitrogen and oxygen atoms in total. The van der Waals surface area contributed by atoms with Gasteiger partial charge in [0, 0.05) is 5.66 Å². The lowest BCUT2D eigenvalue weighted by Crippen LogP contribution is -2.10. The first-order chi connectivity index (χ1) is 8.75. The van der Waals surface area contributed by atoms with Crippen LogP contribution in [0.2, 0.25) is 0 Å². The van der Waals surface area contributed by atoms with Crippen molar-refractivity contribution >= 4 is 15.2 Å². The van der Waals surface area contributed by atoms with Crippen LogP contribution in [0, 0.1) is 0 Å². The number of hydrogen-bond donors (Lipinski definition) is 0. The molecule has 0 aliphatic carbocycles. The van der Waals surface area contributed by atoms with E-state index in [1.54, 1.807) is 12.1 Å². The quantitative estimate of drug-likeness (QED) is 0.476. The van der Waals surface area contributed by atoms with E-state index >= 15 is 0 Å². The zero-order valence-electron chi connectivity index (χ0n) is 9.95. The Hall–Kier alpha value is -1.66. The van der Waals surface area contributed by atoms with Gasteiger partial charge in [-0.15, -0.1) is 9.24 Å². The fraction of sp³-hybridized carbons (Fsp3) is 0.133. The summed E-state index contributed by atoms with van der Waals surface area (Å²) in [6, 6.07) is 19.0. The van der Waals surface area contributed by atoms with Crippen molar-refractivity contribution in [2.75, 3.05) is 0 Å². The monoisotopic (exact) mass is 258 g/mol. The van der Waals surface area contributed by atoms with E-state index in [1.807, 2.05) is 48.5 Å². The Morgan fingerprint density at radius 2 is 1.56 bits per heavy atom. The number of benzene rings is 2. The summed E-state index contributed by atoms with van der Waals surface area (Å²) >= 11 is 0. The number of hydrogen-bond acceptors (Lipinski definition) is 2. The summed E-state index contributed by atoms with van der Waals surface area (Å²) in [5, 5.41) is 0. The molecular formula is C15H15O2P. The maximum Gasteiger partial charge on any atom is 0.312 e. The van der Waals surface area contributed by atoms with Gasteiger partial charge in [-0.3, -0.25) is 4.79 Å². The van der Waals surface area contributed by atoms with E-state index in [0.717, 1.165) is 5.56 Å². The van der Waals surface area contributed by atoms with Crippen LogP contribution >= 0.6 is 9.24 Å². The minimum atomic E-state index is -0.218. The van der Waals surface area contributed by atoms with Crippen LogP contribution in [0.4, 0.5) is 0 Å². The van der Waals surface area contributed by atoms with Crippen LogP contribution in [-0.4, -0.2) is 5.97 Å². The first kappa shape index (κ1) is 12.8. The van der Waals surface area contributed by atoms with Crippen molar-refractivity contribution < 1.29 is 9.53 Å². The lowest BCUT2D eigenvalue weighted by Gasteiger charge is -2.11. The minimum Gasteiger partial charge on any atom is -0.427 e. The Balaban J connectivity index is 1.92. The van der Waals surface area contributed by atoms with Gasteiger partial charge in [-0.05, 0) is 17.7 Å². The maximum absolute atomic E-state index is 11.8. The van der Waals surface area contributed by atoms with Crippen LogP contribution in [0.1, 0.15) is 17.6 Å². The van der Waals surface area contributed by atoms with Gasteiger partial charge >= 0.3 is 5.97 Å². The number of para-hydroxylation sites is 1. The lowest BCUT2D eigenvalue weighted by molar-refractivity contribution is -0.134. The summed E-state index contributed by atoms with van der Waals surface area (Å²) in [5.74, 6) is 0.373. The van der Waals surface area contributed by atoms with Gasteiger partial charge in [-0.1, -0.05) is 48.5 Å². The molecule has 0 fully saturated rings. The van der Waals surface area contributed by atoms with Crippen molar-refractivity contribution in [3.05, 3.63) is 66.2 Å². The second-order valence-electron chi connectivity index (χ2n) is 4.01. The van der Waals surface area contributed by atoms with Crippen LogP contribution < -0.4 is 4.74 Å². The molecule has 0 amide bonds. The average molecular weight is 258 g/mol. The largest absolute Gasteiger partial charge is 0.427 e. The highest BCUT2D eigenvalue weighted by Gasteiger charge is 2.12. The standard InChI is InChI=1S/C15H15O2P/c16-15(17-13-9-5-2-6-10-13)11-14(18)12-7-3-1-4-8-12/h1-10,14H,11,18H2. The molecule has 18 heavy (non-hydrogen) atoms. The maximum atomic E-state index is 11.8. The molecule has 2 aromatic rings. The molecule has 0 aliphatic heterocycles. The molecule has 0 aromatic heterocycles. The molecule has 0 heterocycles. The summed E-state index contributed by atoms with van der Waals surface area (Å²) in [7, 11) is 2.68. The first-order valence-corrected chi connectivity index (χ1v) is 6.48. The fourth-order valence-electron chi connectivity index (χ4n) is 1.66. The fourth-order valence-corrected chi connectivity index (χ4v) is 2.07. The highest BCUT2D eigenvalue weighted by molar-refractivity contribution is 7.17. The molecule has 0 N–H and O–H groups in total. The van der Waals surface area contributed by atoms with E-state index in [1.165, 1.54) is 0 Å². The molecule has 92 valence electrons. The Morgan fingerprint density at radius 3 is 2.17 bits per heavy atom. The Labute approximate surface area is 109 Å². The molecule has 2 atom stereocenters. The number of rotatable bonds is 4. The van der Waals surface area contributed by atoms with Gasteiger partial charge in [0.2, 0.25) is 0 Å². The normalized spacial score (nSPS) is 11.8. The van der Waals surface area contributed by atoms with Gasteiger partial charge in [0.1, 0.15) is 5.75 Å². The third kappa shape index (κ3) is 3.68. The molecule has 2 rings (SSSR count). The first-order valence-electron chi connectivity index (χ1n) is 5.82. The molecule has 0 bridgehead atoms. The highest BCUT2D eigenvalue weighted by atomic mass is 31.0. The van der Waals surface area contributed by atoms with Crippen molar-refractivity contribution in [3.63, 3.8) is 0 Å². The predicted molar refractivity (Wildman–Crippen MR) is 75.6 cm³/mol. The van der Waals surface area contributed by atoms with Crippen molar-refractivity contribution in [1.29, 1.82) is 0 Å². The van der Waals surface area contributed by atoms with Gasteiger partial charge in [0.15, 0.2) is 0 Å². The smallest absolute Gasteiger partial charge is 0.312 e. The summed E-state index contributed by atoms with van der Waals surface area (Å²) in [6.45, 7) is 0. The average Bonchev–Trinajstić information content (AvgIpc) is 2.40. The van der Waals surface area contributed by atoms with Gasteiger partial charge in [-0.25, -0.2) is 0 Å². The summed E-state index contributed by atoms with van der Waals surface area (Å²) in [6.07, 6.45) is 0.351. The lowest BCUT2D eigenvalue weighted by atomic mass is 10.1. The topological polar surface area (TPSA) is 26.3 Å². The van der Waals surface area contributed by atoms with E-state index in [9.17, 15) is 4.79 Å². The Kier molecular flexibility index (Phi) is 4.49. The number of ether oxygens (including phenoxy) is 1. The second-order valence-corrected chi connectivity index (χ2v) is 4.81. The Bertz CT molecular complexity index is 496. The Morgan fingerprint density at radius 1 is 1.00 bits per heavy atom. The number of carbonyl (C=O) groups is 1. The molecular weight excluding hydrogens is 243 g/mol. The summed E-state index contributed by atoms with van der Waals surface area (Å²) in [5.41, 5.74) is 1.20. The minimum absolute atomic E-state index is 0.0856. The van der Waals surface area contributed by atoms with Crippen molar-refractivity contribution in [1.82, 2.24) is 0 Å². The van der Waals surface area contributed by atoms with E-state index in [2.05, 4.69) is 9.24 Å². The molecule has 2 aromatic carbocycles. The van der Waals surface area contributed by atoms with E-state index in [4.69, 9.17) is 4.74 Å². The highest BCUT2D eigenvalue weighted by Crippen LogP contribution is 2.26. The van der Waals surface area contributed by atoms with Crippen LogP contribution in [0.3, 0.4) is 0 Å². The molecule has 0 spiro atoms. The third-order valence-corrected chi connectivity index (χ3v) is 3.21. The van der Waals surface area contributed by atoms with Crippen LogP contribution in [-0.2, 0) is 4.79 Å². The molecule has 0 saturated carbocycles. The van der Waals surface area contributed by atoms with E-state index < -0.39 is 0 Å². The van der Waals surface area contributed by atoms with Crippen LogP contribution in [0.15, 0.2) is 60.7 Å². The molecule has 0 saturated heterocycles. The SMILES string of the molecule is O=C(CC(P)c1ccccc1)Oc1ccccc1. The predicted octanol–water partition coefficient (Wildman–Crippen LogP) is 3.60. The molecule has 2 unspecified atom stereocenters. The van der Waals surface area contributed by atoms with Crippen molar-refractivity contribution in [2.24, 2.45) is 0 Å². The zero-order chi connectivity index (χ0) is 12.8. The van der Waals surface area contributed by atoms with Gasteiger partial charge in [-0.2, -0.15) is 0 Å². The van der Waals surface area contributed by atoms with Crippen LogP contribution in [0.5, 0.6) is 5.75 Å². The number of esters is 1. The molecule has 3 heteroatoms. The second kappa shape index (κ2) is 6.32. The van der Waals surface area contributed by atoms with Crippen molar-refractivity contribution in [3.8, 4) is 5.75 Å². The van der Waals surface area contributed by atoms with Crippen molar-refractivity contribution in [2.45, 2.75) is 12.1 Å². The van der Waals surface area contributed by atoms with E-state index in [0.29, 0.717) is 12.2 Å². The third-order valence-electron chi connectivity index (χ3n) is 2.59. The van der Waals surface area contributed by atoms with Gasteiger partial charge < -0.3 is 4.74 Å². The zero-order valence-corrected chi connectivity index (χ0v) is 11.1.